The molecule has 0 spiro atoms. The Balaban J connectivity index is 1.84. The van der Waals surface area contributed by atoms with Gasteiger partial charge in [0.1, 0.15) is 5.75 Å². The second-order valence-corrected chi connectivity index (χ2v) is 6.32. The van der Waals surface area contributed by atoms with Crippen LogP contribution in [0.1, 0.15) is 16.8 Å². The fourth-order valence-electron chi connectivity index (χ4n) is 1.87. The van der Waals surface area contributed by atoms with E-state index >= 15 is 0 Å². The smallest absolute Gasteiger partial charge is 0.264 e. The molecule has 0 bridgehead atoms. The molecule has 2 rings (SSSR count). The topological polar surface area (TPSA) is 54.5 Å². The molecule has 0 aliphatic carbocycles. The number of benzene rings is 1. The fourth-order valence-corrected chi connectivity index (χ4v) is 2.59. The molecule has 0 aliphatic heterocycles. The minimum atomic E-state index is -0.205. The molecule has 0 atom stereocenters. The van der Waals surface area contributed by atoms with Gasteiger partial charge in [-0.25, -0.2) is 4.98 Å². The maximum atomic E-state index is 11.9. The SMILES string of the molecule is Cc1ccc(OCC(=O)Nc2nc(CN(C)C)cs2)cc1C. The van der Waals surface area contributed by atoms with E-state index in [2.05, 4.69) is 10.3 Å². The lowest BCUT2D eigenvalue weighted by Gasteiger charge is -2.08. The molecule has 118 valence electrons. The molecule has 1 aromatic carbocycles. The van der Waals surface area contributed by atoms with Crippen LogP contribution in [-0.2, 0) is 11.3 Å². The first-order chi connectivity index (χ1) is 10.4. The Hall–Kier alpha value is -1.92. The average Bonchev–Trinajstić information content (AvgIpc) is 2.86. The highest BCUT2D eigenvalue weighted by atomic mass is 32.1. The molecular formula is C16H21N3O2S. The molecule has 6 heteroatoms. The van der Waals surface area contributed by atoms with E-state index in [0.717, 1.165) is 17.8 Å². The molecular weight excluding hydrogens is 298 g/mol. The summed E-state index contributed by atoms with van der Waals surface area (Å²) in [4.78, 5) is 18.3. The number of hydrogen-bond donors (Lipinski definition) is 1. The van der Waals surface area contributed by atoms with Gasteiger partial charge in [0.05, 0.1) is 5.69 Å². The molecule has 1 aromatic heterocycles. The Labute approximate surface area is 134 Å². The number of rotatable bonds is 6. The maximum absolute atomic E-state index is 11.9. The molecule has 1 amide bonds. The Morgan fingerprint density at radius 3 is 2.77 bits per heavy atom. The van der Waals surface area contributed by atoms with Crippen LogP contribution in [0.5, 0.6) is 5.75 Å². The number of anilines is 1. The first-order valence-electron chi connectivity index (χ1n) is 7.03. The average molecular weight is 319 g/mol. The summed E-state index contributed by atoms with van der Waals surface area (Å²) in [6.07, 6.45) is 0. The van der Waals surface area contributed by atoms with Crippen molar-refractivity contribution in [1.82, 2.24) is 9.88 Å². The van der Waals surface area contributed by atoms with Gasteiger partial charge in [0.2, 0.25) is 0 Å². The second-order valence-electron chi connectivity index (χ2n) is 5.46. The first kappa shape index (κ1) is 16.5. The van der Waals surface area contributed by atoms with Gasteiger partial charge in [-0.05, 0) is 51.2 Å². The highest BCUT2D eigenvalue weighted by Crippen LogP contribution is 2.18. The molecule has 5 nitrogen and oxygen atoms in total. The summed E-state index contributed by atoms with van der Waals surface area (Å²) in [5.74, 6) is 0.495. The first-order valence-corrected chi connectivity index (χ1v) is 7.91. The normalized spacial score (nSPS) is 10.8. The second kappa shape index (κ2) is 7.38. The molecule has 0 fully saturated rings. The third kappa shape index (κ3) is 4.82. The molecule has 2 aromatic rings. The van der Waals surface area contributed by atoms with Gasteiger partial charge >= 0.3 is 0 Å². The summed E-state index contributed by atoms with van der Waals surface area (Å²) in [7, 11) is 3.96. The van der Waals surface area contributed by atoms with Crippen molar-refractivity contribution >= 4 is 22.4 Å². The maximum Gasteiger partial charge on any atom is 0.264 e. The van der Waals surface area contributed by atoms with Crippen molar-refractivity contribution in [3.8, 4) is 5.75 Å². The van der Waals surface area contributed by atoms with Gasteiger partial charge in [-0.2, -0.15) is 0 Å². The summed E-state index contributed by atoms with van der Waals surface area (Å²) in [5, 5.41) is 5.30. The largest absolute Gasteiger partial charge is 0.484 e. The van der Waals surface area contributed by atoms with Crippen molar-refractivity contribution in [2.45, 2.75) is 20.4 Å². The molecule has 0 unspecified atom stereocenters. The minimum Gasteiger partial charge on any atom is -0.484 e. The van der Waals surface area contributed by atoms with Crippen LogP contribution >= 0.6 is 11.3 Å². The summed E-state index contributed by atoms with van der Waals surface area (Å²) < 4.78 is 5.50. The van der Waals surface area contributed by atoms with Crippen LogP contribution in [0.2, 0.25) is 0 Å². The van der Waals surface area contributed by atoms with Crippen molar-refractivity contribution < 1.29 is 9.53 Å². The number of nitrogens with zero attached hydrogens (tertiary/aromatic N) is 2. The van der Waals surface area contributed by atoms with Gasteiger partial charge in [-0.1, -0.05) is 6.07 Å². The van der Waals surface area contributed by atoms with E-state index in [1.54, 1.807) is 0 Å². The highest BCUT2D eigenvalue weighted by Gasteiger charge is 2.08. The predicted octanol–water partition coefficient (Wildman–Crippen LogP) is 2.84. The van der Waals surface area contributed by atoms with Gasteiger partial charge < -0.3 is 9.64 Å². The predicted molar refractivity (Wildman–Crippen MR) is 89.5 cm³/mol. The third-order valence-corrected chi connectivity index (χ3v) is 3.93. The number of carbonyl (C=O) groups excluding carboxylic acids is 1. The van der Waals surface area contributed by atoms with E-state index < -0.39 is 0 Å². The fraction of sp³-hybridized carbons (Fsp3) is 0.375. The standard InChI is InChI=1S/C16H21N3O2S/c1-11-5-6-14(7-12(11)2)21-9-15(20)18-16-17-13(10-22-16)8-19(3)4/h5-7,10H,8-9H2,1-4H3,(H,17,18,20). The monoisotopic (exact) mass is 319 g/mol. The van der Waals surface area contributed by atoms with Crippen LogP contribution in [0.25, 0.3) is 0 Å². The van der Waals surface area contributed by atoms with Gasteiger partial charge in [0, 0.05) is 11.9 Å². The number of amides is 1. The summed E-state index contributed by atoms with van der Waals surface area (Å²) in [5.41, 5.74) is 3.29. The zero-order valence-electron chi connectivity index (χ0n) is 13.3. The zero-order chi connectivity index (χ0) is 16.1. The number of aromatic nitrogens is 1. The van der Waals surface area contributed by atoms with Crippen molar-refractivity contribution in [2.75, 3.05) is 26.0 Å². The lowest BCUT2D eigenvalue weighted by atomic mass is 10.1. The van der Waals surface area contributed by atoms with E-state index in [0.29, 0.717) is 10.9 Å². The molecule has 1 N–H and O–H groups in total. The summed E-state index contributed by atoms with van der Waals surface area (Å²) in [6, 6.07) is 5.78. The number of carbonyl (C=O) groups is 1. The Kier molecular flexibility index (Phi) is 5.51. The lowest BCUT2D eigenvalue weighted by molar-refractivity contribution is -0.118. The highest BCUT2D eigenvalue weighted by molar-refractivity contribution is 7.13. The van der Waals surface area contributed by atoms with E-state index in [4.69, 9.17) is 4.74 Å². The van der Waals surface area contributed by atoms with Gasteiger partial charge in [0.15, 0.2) is 11.7 Å². The van der Waals surface area contributed by atoms with Crippen LogP contribution < -0.4 is 10.1 Å². The summed E-state index contributed by atoms with van der Waals surface area (Å²) in [6.45, 7) is 4.79. The van der Waals surface area contributed by atoms with Crippen molar-refractivity contribution in [2.24, 2.45) is 0 Å². The van der Waals surface area contributed by atoms with E-state index in [-0.39, 0.29) is 12.5 Å². The van der Waals surface area contributed by atoms with E-state index in [9.17, 15) is 4.79 Å². The van der Waals surface area contributed by atoms with Crippen molar-refractivity contribution in [3.63, 3.8) is 0 Å². The number of nitrogens with one attached hydrogen (secondary N) is 1. The van der Waals surface area contributed by atoms with Gasteiger partial charge in [0.25, 0.3) is 5.91 Å². The van der Waals surface area contributed by atoms with Crippen LogP contribution in [0.4, 0.5) is 5.13 Å². The van der Waals surface area contributed by atoms with Gasteiger partial charge in [-0.3, -0.25) is 10.1 Å². The Morgan fingerprint density at radius 2 is 2.09 bits per heavy atom. The van der Waals surface area contributed by atoms with Crippen molar-refractivity contribution in [3.05, 3.63) is 40.4 Å². The Bertz CT molecular complexity index is 653. The molecule has 0 saturated carbocycles. The number of aryl methyl sites for hydroxylation is 2. The van der Waals surface area contributed by atoms with Crippen LogP contribution in [0, 0.1) is 13.8 Å². The third-order valence-electron chi connectivity index (χ3n) is 3.12. The minimum absolute atomic E-state index is 0.0227. The van der Waals surface area contributed by atoms with Crippen LogP contribution in [-0.4, -0.2) is 36.5 Å². The van der Waals surface area contributed by atoms with Crippen LogP contribution in [0.3, 0.4) is 0 Å². The van der Waals surface area contributed by atoms with Gasteiger partial charge in [-0.15, -0.1) is 11.3 Å². The lowest BCUT2D eigenvalue weighted by Crippen LogP contribution is -2.20. The quantitative estimate of drug-likeness (QED) is 0.889. The Morgan fingerprint density at radius 1 is 1.32 bits per heavy atom. The van der Waals surface area contributed by atoms with Crippen molar-refractivity contribution in [1.29, 1.82) is 0 Å². The molecule has 22 heavy (non-hydrogen) atoms. The number of thiazole rings is 1. The molecule has 0 aliphatic rings. The van der Waals surface area contributed by atoms with Crippen LogP contribution in [0.15, 0.2) is 23.6 Å². The molecule has 0 radical (unpaired) electrons. The summed E-state index contributed by atoms with van der Waals surface area (Å²) >= 11 is 1.42. The molecule has 0 saturated heterocycles. The van der Waals surface area contributed by atoms with E-state index in [1.807, 2.05) is 56.4 Å². The van der Waals surface area contributed by atoms with E-state index in [1.165, 1.54) is 16.9 Å². The zero-order valence-corrected chi connectivity index (χ0v) is 14.2. The number of ether oxygens (including phenoxy) is 1. The number of hydrogen-bond acceptors (Lipinski definition) is 5. The molecule has 1 heterocycles.